The van der Waals surface area contributed by atoms with Crippen LogP contribution in [0.25, 0.3) is 0 Å². The highest BCUT2D eigenvalue weighted by atomic mass is 32.2. The van der Waals surface area contributed by atoms with Crippen LogP contribution in [0.2, 0.25) is 0 Å². The quantitative estimate of drug-likeness (QED) is 0.737. The van der Waals surface area contributed by atoms with Gasteiger partial charge in [0.2, 0.25) is 0 Å². The van der Waals surface area contributed by atoms with Gasteiger partial charge in [-0.2, -0.15) is 5.10 Å². The summed E-state index contributed by atoms with van der Waals surface area (Å²) in [6.45, 7) is 1.71. The Balaban J connectivity index is 2.14. The summed E-state index contributed by atoms with van der Waals surface area (Å²) in [6.07, 6.45) is 1.47. The molecule has 1 aromatic heterocycles. The number of sulfonamides is 1. The summed E-state index contributed by atoms with van der Waals surface area (Å²) < 4.78 is 26.8. The average Bonchev–Trinajstić information content (AvgIpc) is 2.89. The zero-order valence-corrected chi connectivity index (χ0v) is 12.1. The molecule has 3 N–H and O–H groups in total. The van der Waals surface area contributed by atoms with Crippen LogP contribution < -0.4 is 4.72 Å². The summed E-state index contributed by atoms with van der Waals surface area (Å²) in [6, 6.07) is 9.01. The van der Waals surface area contributed by atoms with Gasteiger partial charge in [-0.1, -0.05) is 30.3 Å². The van der Waals surface area contributed by atoms with E-state index in [0.29, 0.717) is 6.42 Å². The second-order valence-electron chi connectivity index (χ2n) is 4.63. The minimum Gasteiger partial charge on any atom is -0.478 e. The molecule has 0 aliphatic rings. The van der Waals surface area contributed by atoms with Crippen LogP contribution in [-0.2, 0) is 16.4 Å². The molecule has 1 unspecified atom stereocenters. The van der Waals surface area contributed by atoms with Crippen LogP contribution in [0.4, 0.5) is 0 Å². The number of hydrogen-bond acceptors (Lipinski definition) is 4. The van der Waals surface area contributed by atoms with E-state index in [1.165, 1.54) is 0 Å². The maximum absolute atomic E-state index is 12.2. The van der Waals surface area contributed by atoms with E-state index in [9.17, 15) is 13.2 Å². The number of hydrogen-bond donors (Lipinski definition) is 3. The van der Waals surface area contributed by atoms with Gasteiger partial charge < -0.3 is 5.11 Å². The molecule has 0 aliphatic heterocycles. The van der Waals surface area contributed by atoms with E-state index < -0.39 is 21.0 Å². The van der Waals surface area contributed by atoms with Gasteiger partial charge in [-0.05, 0) is 18.9 Å². The molecule has 1 atom stereocenters. The summed E-state index contributed by atoms with van der Waals surface area (Å²) in [5, 5.41) is 14.2. The predicted molar refractivity (Wildman–Crippen MR) is 75.5 cm³/mol. The highest BCUT2D eigenvalue weighted by molar-refractivity contribution is 7.89. The standard InChI is InChI=1S/C13H15N3O4S/c1-9(7-10-5-3-2-4-6-10)16-21(19,20)12-11(13(17)18)8-14-15-12/h2-6,8-9,16H,7H2,1H3,(H,14,15)(H,17,18). The number of aromatic amines is 1. The van der Waals surface area contributed by atoms with Crippen molar-refractivity contribution in [1.82, 2.24) is 14.9 Å². The van der Waals surface area contributed by atoms with Crippen molar-refractivity contribution in [3.05, 3.63) is 47.7 Å². The molecule has 0 radical (unpaired) electrons. The molecule has 8 heteroatoms. The van der Waals surface area contributed by atoms with Crippen LogP contribution in [0, 0.1) is 0 Å². The Labute approximate surface area is 122 Å². The van der Waals surface area contributed by atoms with Gasteiger partial charge in [0.1, 0.15) is 5.56 Å². The van der Waals surface area contributed by atoms with Gasteiger partial charge in [0.05, 0.1) is 6.20 Å². The number of carboxylic acids is 1. The molecule has 0 fully saturated rings. The van der Waals surface area contributed by atoms with E-state index in [1.807, 2.05) is 30.3 Å². The number of nitrogens with one attached hydrogen (secondary N) is 2. The fourth-order valence-corrected chi connectivity index (χ4v) is 3.30. The summed E-state index contributed by atoms with van der Waals surface area (Å²) in [7, 11) is -3.96. The molecule has 2 rings (SSSR count). The monoisotopic (exact) mass is 309 g/mol. The second kappa shape index (κ2) is 6.06. The third kappa shape index (κ3) is 3.67. The molecule has 2 aromatic rings. The highest BCUT2D eigenvalue weighted by Gasteiger charge is 2.26. The summed E-state index contributed by atoms with van der Waals surface area (Å²) >= 11 is 0. The number of carboxylic acid groups (broad SMARTS) is 1. The van der Waals surface area contributed by atoms with Crippen LogP contribution >= 0.6 is 0 Å². The summed E-state index contributed by atoms with van der Waals surface area (Å²) in [5.41, 5.74) is 0.602. The second-order valence-corrected chi connectivity index (χ2v) is 6.28. The first-order valence-electron chi connectivity index (χ1n) is 6.23. The molecule has 1 aromatic carbocycles. The van der Waals surface area contributed by atoms with Crippen molar-refractivity contribution in [3.8, 4) is 0 Å². The van der Waals surface area contributed by atoms with Crippen LogP contribution in [-0.4, -0.2) is 35.7 Å². The highest BCUT2D eigenvalue weighted by Crippen LogP contribution is 2.13. The average molecular weight is 309 g/mol. The molecule has 21 heavy (non-hydrogen) atoms. The lowest BCUT2D eigenvalue weighted by Crippen LogP contribution is -2.35. The largest absolute Gasteiger partial charge is 0.478 e. The Morgan fingerprint density at radius 2 is 2.05 bits per heavy atom. The van der Waals surface area contributed by atoms with Gasteiger partial charge in [-0.15, -0.1) is 0 Å². The summed E-state index contributed by atoms with van der Waals surface area (Å²) in [4.78, 5) is 11.0. The van der Waals surface area contributed by atoms with Crippen LogP contribution in [0.3, 0.4) is 0 Å². The number of H-pyrrole nitrogens is 1. The molecule has 0 spiro atoms. The first-order chi connectivity index (χ1) is 9.90. The lowest BCUT2D eigenvalue weighted by atomic mass is 10.1. The molecular weight excluding hydrogens is 294 g/mol. The minimum atomic E-state index is -3.96. The molecule has 0 saturated heterocycles. The van der Waals surface area contributed by atoms with Crippen molar-refractivity contribution in [1.29, 1.82) is 0 Å². The summed E-state index contributed by atoms with van der Waals surface area (Å²) in [5.74, 6) is -1.35. The number of rotatable bonds is 6. The zero-order chi connectivity index (χ0) is 15.5. The van der Waals surface area contributed by atoms with Gasteiger partial charge >= 0.3 is 5.97 Å². The van der Waals surface area contributed by atoms with Gasteiger partial charge in [0, 0.05) is 6.04 Å². The van der Waals surface area contributed by atoms with E-state index in [-0.39, 0.29) is 11.6 Å². The first-order valence-corrected chi connectivity index (χ1v) is 7.71. The van der Waals surface area contributed by atoms with Crippen molar-refractivity contribution in [2.75, 3.05) is 0 Å². The molecule has 0 aliphatic carbocycles. The fraction of sp³-hybridized carbons (Fsp3) is 0.231. The molecule has 7 nitrogen and oxygen atoms in total. The number of aromatic carboxylic acids is 1. The third-order valence-corrected chi connectivity index (χ3v) is 4.41. The van der Waals surface area contributed by atoms with E-state index >= 15 is 0 Å². The molecule has 0 amide bonds. The van der Waals surface area contributed by atoms with Crippen molar-refractivity contribution < 1.29 is 18.3 Å². The van der Waals surface area contributed by atoms with Crippen LogP contribution in [0.15, 0.2) is 41.6 Å². The SMILES string of the molecule is CC(Cc1ccccc1)NS(=O)(=O)c1[nH]ncc1C(=O)O. The maximum Gasteiger partial charge on any atom is 0.340 e. The Morgan fingerprint density at radius 3 is 2.67 bits per heavy atom. The van der Waals surface area contributed by atoms with Crippen LogP contribution in [0.5, 0.6) is 0 Å². The van der Waals surface area contributed by atoms with Gasteiger partial charge in [-0.25, -0.2) is 17.9 Å². The molecule has 1 heterocycles. The van der Waals surface area contributed by atoms with Gasteiger partial charge in [0.25, 0.3) is 10.0 Å². The van der Waals surface area contributed by atoms with Gasteiger partial charge in [0.15, 0.2) is 5.03 Å². The Hall–Kier alpha value is -2.19. The minimum absolute atomic E-state index is 0.380. The number of benzene rings is 1. The van der Waals surface area contributed by atoms with E-state index in [4.69, 9.17) is 5.11 Å². The van der Waals surface area contributed by atoms with E-state index in [1.54, 1.807) is 6.92 Å². The lowest BCUT2D eigenvalue weighted by molar-refractivity contribution is 0.0692. The zero-order valence-electron chi connectivity index (χ0n) is 11.3. The molecule has 0 bridgehead atoms. The van der Waals surface area contributed by atoms with E-state index in [2.05, 4.69) is 14.9 Å². The number of carbonyl (C=O) groups is 1. The van der Waals surface area contributed by atoms with E-state index in [0.717, 1.165) is 11.8 Å². The third-order valence-electron chi connectivity index (χ3n) is 2.84. The molecule has 0 saturated carbocycles. The maximum atomic E-state index is 12.2. The number of nitrogens with zero attached hydrogens (tertiary/aromatic N) is 1. The van der Waals surface area contributed by atoms with Crippen molar-refractivity contribution in [2.24, 2.45) is 0 Å². The van der Waals surface area contributed by atoms with Crippen molar-refractivity contribution in [3.63, 3.8) is 0 Å². The Kier molecular flexibility index (Phi) is 4.39. The Bertz CT molecular complexity index is 725. The number of aromatic nitrogens is 2. The molecule has 112 valence electrons. The van der Waals surface area contributed by atoms with Crippen molar-refractivity contribution >= 4 is 16.0 Å². The first kappa shape index (κ1) is 15.2. The smallest absolute Gasteiger partial charge is 0.340 e. The lowest BCUT2D eigenvalue weighted by Gasteiger charge is -2.13. The topological polar surface area (TPSA) is 112 Å². The normalized spacial score (nSPS) is 13.0. The predicted octanol–water partition coefficient (Wildman–Crippen LogP) is 1.02. The fourth-order valence-electron chi connectivity index (χ4n) is 1.96. The van der Waals surface area contributed by atoms with Crippen molar-refractivity contribution in [2.45, 2.75) is 24.4 Å². The Morgan fingerprint density at radius 1 is 1.38 bits per heavy atom. The molecular formula is C13H15N3O4S. The van der Waals surface area contributed by atoms with Crippen LogP contribution in [0.1, 0.15) is 22.8 Å². The van der Waals surface area contributed by atoms with Gasteiger partial charge in [-0.3, -0.25) is 5.10 Å².